The van der Waals surface area contributed by atoms with Crippen molar-refractivity contribution in [1.29, 1.82) is 5.26 Å². The van der Waals surface area contributed by atoms with Gasteiger partial charge in [-0.2, -0.15) is 5.26 Å². The molecule has 0 aliphatic carbocycles. The first-order chi connectivity index (χ1) is 8.70. The molecule has 1 aromatic heterocycles. The van der Waals surface area contributed by atoms with Crippen LogP contribution in [0, 0.1) is 11.3 Å². The Balaban J connectivity index is 1.98. The molecule has 1 N–H and O–H groups in total. The summed E-state index contributed by atoms with van der Waals surface area (Å²) in [7, 11) is 0. The molecule has 92 valence electrons. The zero-order chi connectivity index (χ0) is 13.0. The van der Waals surface area contributed by atoms with Crippen molar-refractivity contribution in [3.8, 4) is 6.07 Å². The van der Waals surface area contributed by atoms with Crippen molar-refractivity contribution in [3.63, 3.8) is 0 Å². The molecule has 0 spiro atoms. The molecule has 0 saturated carbocycles. The minimum absolute atomic E-state index is 0.271. The third-order valence-electron chi connectivity index (χ3n) is 2.73. The zero-order valence-corrected chi connectivity index (χ0v) is 12.4. The quantitative estimate of drug-likeness (QED) is 0.914. The highest BCUT2D eigenvalue weighted by molar-refractivity contribution is 9.10. The Hall–Kier alpha value is -1.15. The molecule has 0 amide bonds. The second-order valence-corrected chi connectivity index (χ2v) is 6.02. The number of hydrogen-bond acceptors (Lipinski definition) is 3. The van der Waals surface area contributed by atoms with E-state index in [4.69, 9.17) is 5.26 Å². The smallest absolute Gasteiger partial charge is 0.110 e. The SMILES string of the molecule is CC(NCc1ccc(C#N)s1)c1ccccc1Br. The number of thiophene rings is 1. The molecule has 2 nitrogen and oxygen atoms in total. The average molecular weight is 321 g/mol. The van der Waals surface area contributed by atoms with Gasteiger partial charge in [-0.3, -0.25) is 0 Å². The highest BCUT2D eigenvalue weighted by atomic mass is 79.9. The first kappa shape index (κ1) is 13.3. The van der Waals surface area contributed by atoms with E-state index in [9.17, 15) is 0 Å². The summed E-state index contributed by atoms with van der Waals surface area (Å²) >= 11 is 5.10. The van der Waals surface area contributed by atoms with E-state index >= 15 is 0 Å². The van der Waals surface area contributed by atoms with Gasteiger partial charge in [0.15, 0.2) is 0 Å². The van der Waals surface area contributed by atoms with Crippen LogP contribution in [-0.4, -0.2) is 0 Å². The van der Waals surface area contributed by atoms with Crippen LogP contribution in [0.5, 0.6) is 0 Å². The number of nitriles is 1. The van der Waals surface area contributed by atoms with E-state index in [-0.39, 0.29) is 6.04 Å². The summed E-state index contributed by atoms with van der Waals surface area (Å²) in [5, 5.41) is 12.2. The molecule has 0 aliphatic rings. The predicted octanol–water partition coefficient (Wildman–Crippen LogP) is 4.23. The van der Waals surface area contributed by atoms with E-state index in [1.54, 1.807) is 0 Å². The topological polar surface area (TPSA) is 35.8 Å². The Morgan fingerprint density at radius 3 is 2.78 bits per heavy atom. The van der Waals surface area contributed by atoms with E-state index in [0.29, 0.717) is 0 Å². The Morgan fingerprint density at radius 1 is 1.33 bits per heavy atom. The number of nitrogens with zero attached hydrogens (tertiary/aromatic N) is 1. The first-order valence-corrected chi connectivity index (χ1v) is 7.28. The monoisotopic (exact) mass is 320 g/mol. The van der Waals surface area contributed by atoms with Crippen LogP contribution in [-0.2, 0) is 6.54 Å². The summed E-state index contributed by atoms with van der Waals surface area (Å²) in [6, 6.07) is 14.5. The summed E-state index contributed by atoms with van der Waals surface area (Å²) < 4.78 is 1.12. The van der Waals surface area contributed by atoms with Gasteiger partial charge in [0.25, 0.3) is 0 Å². The standard InChI is InChI=1S/C14H13BrN2S/c1-10(13-4-2-3-5-14(13)15)17-9-12-7-6-11(8-16)18-12/h2-7,10,17H,9H2,1H3. The van der Waals surface area contributed by atoms with Crippen LogP contribution in [0.3, 0.4) is 0 Å². The van der Waals surface area contributed by atoms with Crippen molar-refractivity contribution in [1.82, 2.24) is 5.32 Å². The van der Waals surface area contributed by atoms with Gasteiger partial charge in [-0.25, -0.2) is 0 Å². The fraction of sp³-hybridized carbons (Fsp3) is 0.214. The van der Waals surface area contributed by atoms with Crippen LogP contribution in [0.1, 0.15) is 28.3 Å². The lowest BCUT2D eigenvalue weighted by Crippen LogP contribution is -2.17. The van der Waals surface area contributed by atoms with Gasteiger partial charge < -0.3 is 5.32 Å². The maximum absolute atomic E-state index is 8.78. The Morgan fingerprint density at radius 2 is 2.11 bits per heavy atom. The molecule has 1 unspecified atom stereocenters. The van der Waals surface area contributed by atoms with Crippen molar-refractivity contribution in [3.05, 3.63) is 56.2 Å². The molecule has 0 aliphatic heterocycles. The summed E-state index contributed by atoms with van der Waals surface area (Å²) in [6.45, 7) is 2.92. The molecule has 4 heteroatoms. The van der Waals surface area contributed by atoms with E-state index < -0.39 is 0 Å². The summed E-state index contributed by atoms with van der Waals surface area (Å²) in [5.41, 5.74) is 1.24. The predicted molar refractivity (Wildman–Crippen MR) is 78.4 cm³/mol. The second-order valence-electron chi connectivity index (χ2n) is 4.00. The van der Waals surface area contributed by atoms with Gasteiger partial charge >= 0.3 is 0 Å². The third-order valence-corrected chi connectivity index (χ3v) is 4.44. The lowest BCUT2D eigenvalue weighted by atomic mass is 10.1. The maximum atomic E-state index is 8.78. The van der Waals surface area contributed by atoms with Gasteiger partial charge in [-0.05, 0) is 30.7 Å². The van der Waals surface area contributed by atoms with E-state index in [2.05, 4.69) is 40.3 Å². The molecule has 1 aromatic carbocycles. The van der Waals surface area contributed by atoms with Crippen molar-refractivity contribution in [2.24, 2.45) is 0 Å². The summed E-state index contributed by atoms with van der Waals surface area (Å²) in [6.07, 6.45) is 0. The van der Waals surface area contributed by atoms with Gasteiger partial charge in [0, 0.05) is 21.9 Å². The Kier molecular flexibility index (Phi) is 4.54. The largest absolute Gasteiger partial charge is 0.305 e. The maximum Gasteiger partial charge on any atom is 0.110 e. The van der Waals surface area contributed by atoms with Gasteiger partial charge in [-0.1, -0.05) is 34.1 Å². The molecular weight excluding hydrogens is 308 g/mol. The molecule has 1 atom stereocenters. The summed E-state index contributed by atoms with van der Waals surface area (Å²) in [5.74, 6) is 0. The van der Waals surface area contributed by atoms with E-state index in [0.717, 1.165) is 15.9 Å². The van der Waals surface area contributed by atoms with E-state index in [1.807, 2.05) is 30.3 Å². The zero-order valence-electron chi connectivity index (χ0n) is 9.98. The Labute approximate surface area is 119 Å². The lowest BCUT2D eigenvalue weighted by Gasteiger charge is -2.15. The van der Waals surface area contributed by atoms with Crippen LogP contribution in [0.4, 0.5) is 0 Å². The highest BCUT2D eigenvalue weighted by Gasteiger charge is 2.08. The molecular formula is C14H13BrN2S. The fourth-order valence-electron chi connectivity index (χ4n) is 1.72. The molecule has 0 fully saturated rings. The minimum Gasteiger partial charge on any atom is -0.305 e. The number of benzene rings is 1. The number of nitrogens with one attached hydrogen (secondary N) is 1. The van der Waals surface area contributed by atoms with Gasteiger partial charge in [-0.15, -0.1) is 11.3 Å². The molecule has 0 radical (unpaired) electrons. The average Bonchev–Trinajstić information content (AvgIpc) is 2.84. The number of halogens is 1. The number of hydrogen-bond donors (Lipinski definition) is 1. The van der Waals surface area contributed by atoms with Crippen LogP contribution < -0.4 is 5.32 Å². The van der Waals surface area contributed by atoms with Gasteiger partial charge in [0.1, 0.15) is 10.9 Å². The molecule has 0 bridgehead atoms. The van der Waals surface area contributed by atoms with Crippen molar-refractivity contribution >= 4 is 27.3 Å². The lowest BCUT2D eigenvalue weighted by molar-refractivity contribution is 0.577. The van der Waals surface area contributed by atoms with Crippen LogP contribution in [0.15, 0.2) is 40.9 Å². The van der Waals surface area contributed by atoms with Crippen LogP contribution >= 0.6 is 27.3 Å². The van der Waals surface area contributed by atoms with Crippen LogP contribution in [0.25, 0.3) is 0 Å². The van der Waals surface area contributed by atoms with Gasteiger partial charge in [0.05, 0.1) is 0 Å². The molecule has 2 aromatic rings. The van der Waals surface area contributed by atoms with Crippen molar-refractivity contribution in [2.45, 2.75) is 19.5 Å². The number of rotatable bonds is 4. The third kappa shape index (κ3) is 3.20. The van der Waals surface area contributed by atoms with E-state index in [1.165, 1.54) is 21.8 Å². The highest BCUT2D eigenvalue weighted by Crippen LogP contribution is 2.23. The second kappa shape index (κ2) is 6.14. The van der Waals surface area contributed by atoms with Gasteiger partial charge in [0.2, 0.25) is 0 Å². The molecule has 18 heavy (non-hydrogen) atoms. The van der Waals surface area contributed by atoms with Crippen LogP contribution in [0.2, 0.25) is 0 Å². The Bertz CT molecular complexity index is 571. The fourth-order valence-corrected chi connectivity index (χ4v) is 3.11. The summed E-state index contributed by atoms with van der Waals surface area (Å²) in [4.78, 5) is 1.95. The molecule has 0 saturated heterocycles. The normalized spacial score (nSPS) is 12.1. The minimum atomic E-state index is 0.271. The van der Waals surface area contributed by atoms with Crippen molar-refractivity contribution in [2.75, 3.05) is 0 Å². The first-order valence-electron chi connectivity index (χ1n) is 5.67. The molecule has 2 rings (SSSR count). The molecule has 1 heterocycles. The van der Waals surface area contributed by atoms with Crippen molar-refractivity contribution < 1.29 is 0 Å².